The van der Waals surface area contributed by atoms with Gasteiger partial charge in [-0.25, -0.2) is 0 Å². The number of carbonyl (C=O) groups is 1. The van der Waals surface area contributed by atoms with Crippen molar-refractivity contribution in [3.63, 3.8) is 0 Å². The Morgan fingerprint density at radius 3 is 2.71 bits per heavy atom. The predicted octanol–water partition coefficient (Wildman–Crippen LogP) is 2.36. The number of carbonyl (C=O) groups excluding carboxylic acids is 1. The van der Waals surface area contributed by atoms with Gasteiger partial charge in [-0.1, -0.05) is 19.3 Å². The number of aryl methyl sites for hydroxylation is 1. The number of nitrogens with zero attached hydrogens (tertiary/aromatic N) is 1. The highest BCUT2D eigenvalue weighted by molar-refractivity contribution is 5.80. The highest BCUT2D eigenvalue weighted by Crippen LogP contribution is 2.48. The van der Waals surface area contributed by atoms with Crippen molar-refractivity contribution in [3.05, 3.63) is 24.0 Å². The zero-order chi connectivity index (χ0) is 14.9. The number of aromatic nitrogens is 1. The van der Waals surface area contributed by atoms with Crippen LogP contribution < -0.4 is 5.32 Å². The molecule has 0 unspecified atom stereocenters. The molecular weight excluding hydrogens is 264 g/mol. The van der Waals surface area contributed by atoms with Crippen molar-refractivity contribution in [2.75, 3.05) is 0 Å². The van der Waals surface area contributed by atoms with Gasteiger partial charge in [0.25, 0.3) is 0 Å². The Bertz CT molecular complexity index is 497. The molecule has 2 saturated carbocycles. The average molecular weight is 290 g/mol. The second-order valence-corrected chi connectivity index (χ2v) is 6.95. The van der Waals surface area contributed by atoms with Crippen LogP contribution in [0.15, 0.2) is 18.5 Å². The third kappa shape index (κ3) is 3.15. The minimum Gasteiger partial charge on any atom is -0.390 e. The second-order valence-electron chi connectivity index (χ2n) is 6.95. The van der Waals surface area contributed by atoms with Crippen LogP contribution in [-0.4, -0.2) is 21.2 Å². The minimum absolute atomic E-state index is 0.000591. The van der Waals surface area contributed by atoms with E-state index >= 15 is 0 Å². The Morgan fingerprint density at radius 2 is 2.10 bits per heavy atom. The number of hydrogen-bond acceptors (Lipinski definition) is 2. The standard InChI is InChI=1S/C17H26N2O2/c1-19-8-7-13(12-19)11-18-16(20)14-9-17(21,10-14)15-5-3-2-4-6-15/h7-8,12,14-15,21H,2-6,9-11H2,1H3,(H,18,20). The molecular formula is C17H26N2O2. The molecule has 0 atom stereocenters. The summed E-state index contributed by atoms with van der Waals surface area (Å²) in [6.45, 7) is 0.581. The molecule has 21 heavy (non-hydrogen) atoms. The fourth-order valence-electron chi connectivity index (χ4n) is 3.95. The van der Waals surface area contributed by atoms with Gasteiger partial charge >= 0.3 is 0 Å². The highest BCUT2D eigenvalue weighted by Gasteiger charge is 2.50. The summed E-state index contributed by atoms with van der Waals surface area (Å²) >= 11 is 0. The van der Waals surface area contributed by atoms with Crippen molar-refractivity contribution in [3.8, 4) is 0 Å². The lowest BCUT2D eigenvalue weighted by atomic mass is 9.61. The highest BCUT2D eigenvalue weighted by atomic mass is 16.3. The van der Waals surface area contributed by atoms with Gasteiger partial charge in [0.15, 0.2) is 0 Å². The quantitative estimate of drug-likeness (QED) is 0.894. The topological polar surface area (TPSA) is 54.3 Å². The molecule has 1 aromatic rings. The van der Waals surface area contributed by atoms with E-state index in [0.29, 0.717) is 25.3 Å². The number of aliphatic hydroxyl groups is 1. The molecule has 2 fully saturated rings. The van der Waals surface area contributed by atoms with Gasteiger partial charge in [-0.15, -0.1) is 0 Å². The van der Waals surface area contributed by atoms with Crippen molar-refractivity contribution < 1.29 is 9.90 Å². The van der Waals surface area contributed by atoms with Gasteiger partial charge < -0.3 is 15.0 Å². The molecule has 0 radical (unpaired) electrons. The molecule has 2 aliphatic rings. The molecule has 1 aromatic heterocycles. The largest absolute Gasteiger partial charge is 0.390 e. The summed E-state index contributed by atoms with van der Waals surface area (Å²) in [6.07, 6.45) is 11.3. The Labute approximate surface area is 126 Å². The SMILES string of the molecule is Cn1ccc(CNC(=O)C2CC(O)(C3CCCCC3)C2)c1. The van der Waals surface area contributed by atoms with Gasteiger partial charge in [0.2, 0.25) is 5.91 Å². The number of amides is 1. The first-order valence-electron chi connectivity index (χ1n) is 8.18. The van der Waals surface area contributed by atoms with E-state index in [1.165, 1.54) is 19.3 Å². The van der Waals surface area contributed by atoms with Gasteiger partial charge in [-0.3, -0.25) is 4.79 Å². The molecule has 1 amide bonds. The molecule has 3 rings (SSSR count). The maximum atomic E-state index is 12.1. The van der Waals surface area contributed by atoms with E-state index in [4.69, 9.17) is 0 Å². The van der Waals surface area contributed by atoms with Crippen LogP contribution in [0, 0.1) is 11.8 Å². The summed E-state index contributed by atoms with van der Waals surface area (Å²) in [6, 6.07) is 2.01. The summed E-state index contributed by atoms with van der Waals surface area (Å²) in [5, 5.41) is 13.7. The smallest absolute Gasteiger partial charge is 0.223 e. The summed E-state index contributed by atoms with van der Waals surface area (Å²) in [7, 11) is 1.97. The molecule has 116 valence electrons. The zero-order valence-electron chi connectivity index (χ0n) is 12.8. The Kier molecular flexibility index (Phi) is 4.07. The normalized spacial score (nSPS) is 29.9. The van der Waals surface area contributed by atoms with E-state index in [9.17, 15) is 9.90 Å². The molecule has 0 bridgehead atoms. The summed E-state index contributed by atoms with van der Waals surface area (Å²) < 4.78 is 1.98. The maximum absolute atomic E-state index is 12.1. The molecule has 2 aliphatic carbocycles. The molecule has 1 heterocycles. The first-order chi connectivity index (χ1) is 10.1. The van der Waals surface area contributed by atoms with Crippen molar-refractivity contribution >= 4 is 5.91 Å². The predicted molar refractivity (Wildman–Crippen MR) is 81.5 cm³/mol. The third-order valence-electron chi connectivity index (χ3n) is 5.30. The average Bonchev–Trinajstić information content (AvgIpc) is 2.88. The van der Waals surface area contributed by atoms with Crippen LogP contribution in [0.4, 0.5) is 0 Å². The van der Waals surface area contributed by atoms with E-state index < -0.39 is 5.60 Å². The molecule has 0 spiro atoms. The Hall–Kier alpha value is -1.29. The number of rotatable bonds is 4. The van der Waals surface area contributed by atoms with E-state index in [-0.39, 0.29) is 11.8 Å². The van der Waals surface area contributed by atoms with Gasteiger partial charge in [-0.2, -0.15) is 0 Å². The van der Waals surface area contributed by atoms with E-state index in [1.54, 1.807) is 0 Å². The number of nitrogens with one attached hydrogen (secondary N) is 1. The van der Waals surface area contributed by atoms with Crippen LogP contribution in [0.5, 0.6) is 0 Å². The van der Waals surface area contributed by atoms with E-state index in [0.717, 1.165) is 18.4 Å². The molecule has 0 saturated heterocycles. The maximum Gasteiger partial charge on any atom is 0.223 e. The molecule has 4 nitrogen and oxygen atoms in total. The third-order valence-corrected chi connectivity index (χ3v) is 5.30. The van der Waals surface area contributed by atoms with Crippen molar-refractivity contribution in [2.45, 2.75) is 57.1 Å². The lowest BCUT2D eigenvalue weighted by molar-refractivity contribution is -0.154. The van der Waals surface area contributed by atoms with E-state index in [2.05, 4.69) is 5.32 Å². The fraction of sp³-hybridized carbons (Fsp3) is 0.706. The Morgan fingerprint density at radius 1 is 1.38 bits per heavy atom. The van der Waals surface area contributed by atoms with Crippen LogP contribution in [0.25, 0.3) is 0 Å². The monoisotopic (exact) mass is 290 g/mol. The zero-order valence-corrected chi connectivity index (χ0v) is 12.8. The lowest BCUT2D eigenvalue weighted by Crippen LogP contribution is -2.54. The van der Waals surface area contributed by atoms with Crippen LogP contribution in [0.2, 0.25) is 0 Å². The van der Waals surface area contributed by atoms with Crippen LogP contribution in [0.1, 0.15) is 50.5 Å². The first-order valence-corrected chi connectivity index (χ1v) is 8.18. The molecule has 2 N–H and O–H groups in total. The summed E-state index contributed by atoms with van der Waals surface area (Å²) in [5.74, 6) is 0.518. The van der Waals surface area contributed by atoms with Gasteiger partial charge in [0, 0.05) is 31.9 Å². The fourth-order valence-corrected chi connectivity index (χ4v) is 3.95. The molecule has 0 aliphatic heterocycles. The van der Waals surface area contributed by atoms with Crippen molar-refractivity contribution in [1.29, 1.82) is 0 Å². The molecule has 0 aromatic carbocycles. The van der Waals surface area contributed by atoms with E-state index in [1.807, 2.05) is 30.1 Å². The second kappa shape index (κ2) is 5.84. The van der Waals surface area contributed by atoms with Crippen LogP contribution >= 0.6 is 0 Å². The summed E-state index contributed by atoms with van der Waals surface area (Å²) in [5.41, 5.74) is 0.558. The summed E-state index contributed by atoms with van der Waals surface area (Å²) in [4.78, 5) is 12.1. The number of hydrogen-bond donors (Lipinski definition) is 2. The van der Waals surface area contributed by atoms with Crippen molar-refractivity contribution in [1.82, 2.24) is 9.88 Å². The first kappa shape index (κ1) is 14.6. The van der Waals surface area contributed by atoms with Gasteiger partial charge in [-0.05, 0) is 43.2 Å². The van der Waals surface area contributed by atoms with Crippen LogP contribution in [-0.2, 0) is 18.4 Å². The molecule has 4 heteroatoms. The van der Waals surface area contributed by atoms with Gasteiger partial charge in [0.1, 0.15) is 0 Å². The van der Waals surface area contributed by atoms with Crippen molar-refractivity contribution in [2.24, 2.45) is 18.9 Å². The van der Waals surface area contributed by atoms with Gasteiger partial charge in [0.05, 0.1) is 5.60 Å². The van der Waals surface area contributed by atoms with Crippen LogP contribution in [0.3, 0.4) is 0 Å². The lowest BCUT2D eigenvalue weighted by Gasteiger charge is -2.49. The Balaban J connectivity index is 1.45. The minimum atomic E-state index is -0.560.